The first-order chi connectivity index (χ1) is 18.3. The van der Waals surface area contributed by atoms with Crippen molar-refractivity contribution in [3.05, 3.63) is 71.8 Å². The van der Waals surface area contributed by atoms with E-state index in [4.69, 9.17) is 15.6 Å². The van der Waals surface area contributed by atoms with Crippen LogP contribution in [0.25, 0.3) is 33.2 Å². The minimum absolute atomic E-state index is 0.167. The fraction of sp³-hybridized carbons (Fsp3) is 0.276. The molecule has 5 rings (SSSR count). The van der Waals surface area contributed by atoms with E-state index in [1.807, 2.05) is 50.4 Å². The molecule has 1 aliphatic heterocycles. The Bertz CT molecular complexity index is 1480. The molecule has 0 unspecified atom stereocenters. The predicted molar refractivity (Wildman–Crippen MR) is 148 cm³/mol. The highest BCUT2D eigenvalue weighted by Gasteiger charge is 2.23. The summed E-state index contributed by atoms with van der Waals surface area (Å²) in [7, 11) is 1.37. The van der Waals surface area contributed by atoms with Crippen molar-refractivity contribution in [2.75, 3.05) is 30.4 Å². The number of anilines is 2. The maximum atomic E-state index is 14.5. The molecule has 2 aromatic carbocycles. The number of aryl methyl sites for hydroxylation is 2. The second-order valence-corrected chi connectivity index (χ2v) is 9.70. The molecular formula is C29H31FN6O2. The minimum Gasteiger partial charge on any atom is -0.370 e. The summed E-state index contributed by atoms with van der Waals surface area (Å²) in [5.74, 6) is 0.130. The third-order valence-electron chi connectivity index (χ3n) is 6.82. The lowest BCUT2D eigenvalue weighted by atomic mass is 9.95. The number of hydroxylamine groups is 1. The number of hydrogen-bond donors (Lipinski definition) is 3. The van der Waals surface area contributed by atoms with Crippen LogP contribution in [0.1, 0.15) is 24.1 Å². The van der Waals surface area contributed by atoms with Gasteiger partial charge in [-0.15, -0.1) is 0 Å². The van der Waals surface area contributed by atoms with Crippen LogP contribution in [-0.4, -0.2) is 42.2 Å². The zero-order valence-electron chi connectivity index (χ0n) is 21.7. The molecule has 0 radical (unpaired) electrons. The predicted octanol–water partition coefficient (Wildman–Crippen LogP) is 5.33. The van der Waals surface area contributed by atoms with E-state index >= 15 is 0 Å². The molecule has 0 spiro atoms. The number of carbonyl (C=O) groups is 1. The summed E-state index contributed by atoms with van der Waals surface area (Å²) in [4.78, 5) is 28.6. The summed E-state index contributed by atoms with van der Waals surface area (Å²) in [5.41, 5.74) is 15.2. The number of pyridine rings is 2. The number of rotatable bonds is 5. The number of benzene rings is 2. The first kappa shape index (κ1) is 25.6. The molecule has 2 amide bonds. The highest BCUT2D eigenvalue weighted by Crippen LogP contribution is 2.40. The third-order valence-corrected chi connectivity index (χ3v) is 6.82. The van der Waals surface area contributed by atoms with Crippen LogP contribution in [-0.2, 0) is 4.84 Å². The van der Waals surface area contributed by atoms with Crippen LogP contribution in [0.2, 0.25) is 0 Å². The molecule has 3 heterocycles. The lowest BCUT2D eigenvalue weighted by Crippen LogP contribution is -2.40. The summed E-state index contributed by atoms with van der Waals surface area (Å²) >= 11 is 0. The average molecular weight is 515 g/mol. The van der Waals surface area contributed by atoms with Crippen molar-refractivity contribution in [3.8, 4) is 22.3 Å². The van der Waals surface area contributed by atoms with Crippen molar-refractivity contribution in [1.29, 1.82) is 0 Å². The van der Waals surface area contributed by atoms with Crippen LogP contribution < -0.4 is 21.4 Å². The van der Waals surface area contributed by atoms with Crippen molar-refractivity contribution in [1.82, 2.24) is 15.4 Å². The standard InChI is InChI=1S/C29H31FN6O2/c1-17-12-20(14-21(30)13-17)25-16-32-26-7-5-19(15-24(26)27(25)36-10-8-22(31)9-11-36)23-6-4-18(2)33-28(23)34-29(37)35-38-3/h4-7,12-16,22H,8-11,31H2,1-3H3,(H2,33,34,35,37). The van der Waals surface area contributed by atoms with E-state index in [0.29, 0.717) is 5.82 Å². The Labute approximate surface area is 221 Å². The van der Waals surface area contributed by atoms with E-state index in [9.17, 15) is 9.18 Å². The van der Waals surface area contributed by atoms with Crippen LogP contribution >= 0.6 is 0 Å². The van der Waals surface area contributed by atoms with Gasteiger partial charge in [0.05, 0.1) is 18.3 Å². The molecule has 4 N–H and O–H groups in total. The monoisotopic (exact) mass is 514 g/mol. The van der Waals surface area contributed by atoms with E-state index in [1.165, 1.54) is 13.2 Å². The van der Waals surface area contributed by atoms with Gasteiger partial charge in [0.25, 0.3) is 0 Å². The Kier molecular flexibility index (Phi) is 7.22. The smallest absolute Gasteiger partial charge is 0.344 e. The molecule has 38 heavy (non-hydrogen) atoms. The van der Waals surface area contributed by atoms with Crippen molar-refractivity contribution >= 4 is 28.4 Å². The molecule has 2 aromatic heterocycles. The largest absolute Gasteiger partial charge is 0.370 e. The summed E-state index contributed by atoms with van der Waals surface area (Å²) < 4.78 is 14.5. The first-order valence-electron chi connectivity index (χ1n) is 12.6. The molecule has 9 heteroatoms. The van der Waals surface area contributed by atoms with Gasteiger partial charge in [0.2, 0.25) is 0 Å². The number of nitrogens with one attached hydrogen (secondary N) is 2. The number of fused-ring (bicyclic) bond motifs is 1. The number of carbonyl (C=O) groups excluding carboxylic acids is 1. The highest BCUT2D eigenvalue weighted by molar-refractivity contribution is 6.03. The lowest BCUT2D eigenvalue weighted by molar-refractivity contribution is 0.114. The van der Waals surface area contributed by atoms with Crippen molar-refractivity contribution in [3.63, 3.8) is 0 Å². The van der Waals surface area contributed by atoms with E-state index < -0.39 is 6.03 Å². The van der Waals surface area contributed by atoms with Crippen molar-refractivity contribution in [2.45, 2.75) is 32.7 Å². The van der Waals surface area contributed by atoms with Gasteiger partial charge in [0.1, 0.15) is 11.6 Å². The van der Waals surface area contributed by atoms with Gasteiger partial charge in [-0.1, -0.05) is 12.1 Å². The Morgan fingerprint density at radius 3 is 2.58 bits per heavy atom. The number of nitrogens with zero attached hydrogens (tertiary/aromatic N) is 3. The van der Waals surface area contributed by atoms with Gasteiger partial charge in [-0.05, 0) is 79.8 Å². The second-order valence-electron chi connectivity index (χ2n) is 9.70. The van der Waals surface area contributed by atoms with E-state index in [-0.39, 0.29) is 11.9 Å². The maximum Gasteiger partial charge on any atom is 0.344 e. The van der Waals surface area contributed by atoms with E-state index in [2.05, 4.69) is 26.7 Å². The molecule has 1 saturated heterocycles. The maximum absolute atomic E-state index is 14.5. The van der Waals surface area contributed by atoms with Gasteiger partial charge in [-0.3, -0.25) is 15.1 Å². The van der Waals surface area contributed by atoms with Crippen LogP contribution in [0, 0.1) is 19.7 Å². The second kappa shape index (κ2) is 10.7. The zero-order valence-corrected chi connectivity index (χ0v) is 21.7. The molecule has 8 nitrogen and oxygen atoms in total. The van der Waals surface area contributed by atoms with Gasteiger partial charge in [0.15, 0.2) is 0 Å². The molecule has 1 aliphatic rings. The summed E-state index contributed by atoms with van der Waals surface area (Å²) in [6.45, 7) is 5.33. The van der Waals surface area contributed by atoms with Gasteiger partial charge >= 0.3 is 6.03 Å². The lowest BCUT2D eigenvalue weighted by Gasteiger charge is -2.34. The molecule has 0 aliphatic carbocycles. The number of aromatic nitrogens is 2. The van der Waals surface area contributed by atoms with Gasteiger partial charge in [-0.2, -0.15) is 0 Å². The SMILES string of the molecule is CONC(=O)Nc1nc(C)ccc1-c1ccc2ncc(-c3cc(C)cc(F)c3)c(N3CCC(N)CC3)c2c1. The molecule has 0 atom stereocenters. The number of amides is 2. The van der Waals surface area contributed by atoms with Crippen LogP contribution in [0.4, 0.5) is 20.7 Å². The summed E-state index contributed by atoms with van der Waals surface area (Å²) in [6.07, 6.45) is 3.57. The summed E-state index contributed by atoms with van der Waals surface area (Å²) in [5, 5.41) is 3.70. The number of urea groups is 1. The first-order valence-corrected chi connectivity index (χ1v) is 12.6. The van der Waals surface area contributed by atoms with Crippen LogP contribution in [0.3, 0.4) is 0 Å². The van der Waals surface area contributed by atoms with Gasteiger partial charge in [0, 0.05) is 47.5 Å². The van der Waals surface area contributed by atoms with Crippen LogP contribution in [0.5, 0.6) is 0 Å². The normalized spacial score (nSPS) is 14.1. The number of halogens is 1. The number of piperidine rings is 1. The van der Waals surface area contributed by atoms with E-state index in [0.717, 1.165) is 76.0 Å². The fourth-order valence-electron chi connectivity index (χ4n) is 5.02. The summed E-state index contributed by atoms with van der Waals surface area (Å²) in [6, 6.07) is 14.5. The molecule has 4 aromatic rings. The molecule has 1 fully saturated rings. The Morgan fingerprint density at radius 1 is 1.05 bits per heavy atom. The average Bonchev–Trinajstić information content (AvgIpc) is 2.88. The Hall–Kier alpha value is -4.08. The minimum atomic E-state index is -0.525. The topological polar surface area (TPSA) is 105 Å². The Balaban J connectivity index is 1.70. The highest BCUT2D eigenvalue weighted by atomic mass is 19.1. The zero-order chi connectivity index (χ0) is 26.8. The molecule has 0 saturated carbocycles. The molecule has 196 valence electrons. The van der Waals surface area contributed by atoms with Gasteiger partial charge in [-0.25, -0.2) is 19.6 Å². The van der Waals surface area contributed by atoms with Crippen LogP contribution in [0.15, 0.2) is 54.7 Å². The van der Waals surface area contributed by atoms with Crippen molar-refractivity contribution in [2.24, 2.45) is 5.73 Å². The van der Waals surface area contributed by atoms with Crippen molar-refractivity contribution < 1.29 is 14.0 Å². The van der Waals surface area contributed by atoms with Gasteiger partial charge < -0.3 is 10.6 Å². The van der Waals surface area contributed by atoms with E-state index in [1.54, 1.807) is 6.07 Å². The molecular weight excluding hydrogens is 483 g/mol. The third kappa shape index (κ3) is 5.29. The fourth-order valence-corrected chi connectivity index (χ4v) is 5.02. The molecule has 0 bridgehead atoms. The Morgan fingerprint density at radius 2 is 1.84 bits per heavy atom. The number of nitrogens with two attached hydrogens (primary N) is 1. The number of hydrogen-bond acceptors (Lipinski definition) is 6. The quantitative estimate of drug-likeness (QED) is 0.311.